The number of thiophene rings is 4. The molecule has 0 saturated carbocycles. The summed E-state index contributed by atoms with van der Waals surface area (Å²) in [7, 11) is 0. The second kappa shape index (κ2) is 5.76. The fourth-order valence-corrected chi connectivity index (χ4v) is 7.63. The Morgan fingerprint density at radius 3 is 1.46 bits per heavy atom. The lowest BCUT2D eigenvalue weighted by Gasteiger charge is -1.98. The predicted molar refractivity (Wildman–Crippen MR) is 121 cm³/mol. The van der Waals surface area contributed by atoms with E-state index in [0.29, 0.717) is 0 Å². The minimum Gasteiger partial charge on any atom is -0.144 e. The Morgan fingerprint density at radius 2 is 1.04 bits per heavy atom. The molecular weight excluding hydrogens is 393 g/mol. The highest BCUT2D eigenvalue weighted by molar-refractivity contribution is 7.36. The maximum atomic E-state index is 2.35. The van der Waals surface area contributed by atoms with Crippen LogP contribution < -0.4 is 0 Å². The van der Waals surface area contributed by atoms with Gasteiger partial charge in [0.2, 0.25) is 0 Å². The van der Waals surface area contributed by atoms with Gasteiger partial charge in [-0.05, 0) is 46.2 Å². The monoisotopic (exact) mass is 404 g/mol. The summed E-state index contributed by atoms with van der Waals surface area (Å²) in [4.78, 5) is 2.68. The lowest BCUT2D eigenvalue weighted by Crippen LogP contribution is -1.71. The lowest BCUT2D eigenvalue weighted by atomic mass is 10.1. The molecule has 0 radical (unpaired) electrons. The predicted octanol–water partition coefficient (Wildman–Crippen LogP) is 8.73. The van der Waals surface area contributed by atoms with E-state index in [1.807, 2.05) is 22.7 Å². The Balaban J connectivity index is 1.57. The Labute approximate surface area is 166 Å². The summed E-state index contributed by atoms with van der Waals surface area (Å²) in [5.41, 5.74) is 2.65. The molecular formula is C22H12S4. The molecule has 0 unspecified atom stereocenters. The zero-order valence-electron chi connectivity index (χ0n) is 13.6. The van der Waals surface area contributed by atoms with Crippen molar-refractivity contribution in [1.82, 2.24) is 0 Å². The molecule has 0 aliphatic rings. The number of fused-ring (bicyclic) bond motifs is 5. The highest BCUT2D eigenvalue weighted by Gasteiger charge is 2.14. The average molecular weight is 405 g/mol. The molecule has 0 fully saturated rings. The van der Waals surface area contributed by atoms with E-state index in [2.05, 4.69) is 71.4 Å². The summed E-state index contributed by atoms with van der Waals surface area (Å²) < 4.78 is 5.64. The molecule has 4 heteroatoms. The molecule has 2 aromatic carbocycles. The highest BCUT2D eigenvalue weighted by Crippen LogP contribution is 2.46. The van der Waals surface area contributed by atoms with Crippen molar-refractivity contribution in [3.05, 3.63) is 71.4 Å². The van der Waals surface area contributed by atoms with Crippen LogP contribution in [0.4, 0.5) is 0 Å². The molecule has 4 aromatic heterocycles. The van der Waals surface area contributed by atoms with Crippen molar-refractivity contribution in [2.75, 3.05) is 0 Å². The average Bonchev–Trinajstić information content (AvgIpc) is 3.43. The first kappa shape index (κ1) is 15.1. The first-order chi connectivity index (χ1) is 12.9. The van der Waals surface area contributed by atoms with Gasteiger partial charge in [0.05, 0.1) is 9.40 Å². The number of benzene rings is 2. The maximum absolute atomic E-state index is 2.35. The number of hydrogen-bond acceptors (Lipinski definition) is 4. The normalized spacial score (nSPS) is 11.8. The second-order valence-electron chi connectivity index (χ2n) is 6.24. The van der Waals surface area contributed by atoms with Gasteiger partial charge in [0, 0.05) is 29.9 Å². The molecule has 4 heterocycles. The molecule has 0 atom stereocenters. The maximum Gasteiger partial charge on any atom is 0.0542 e. The Morgan fingerprint density at radius 1 is 0.538 bits per heavy atom. The van der Waals surface area contributed by atoms with Crippen molar-refractivity contribution in [1.29, 1.82) is 0 Å². The van der Waals surface area contributed by atoms with Crippen LogP contribution in [0.3, 0.4) is 0 Å². The van der Waals surface area contributed by atoms with E-state index in [0.717, 1.165) is 0 Å². The molecule has 26 heavy (non-hydrogen) atoms. The van der Waals surface area contributed by atoms with Crippen LogP contribution in [0.1, 0.15) is 0 Å². The van der Waals surface area contributed by atoms with Crippen molar-refractivity contribution in [3.8, 4) is 20.9 Å². The van der Waals surface area contributed by atoms with Gasteiger partial charge in [-0.1, -0.05) is 36.4 Å². The zero-order valence-corrected chi connectivity index (χ0v) is 16.8. The van der Waals surface area contributed by atoms with Crippen molar-refractivity contribution < 1.29 is 0 Å². The molecule has 0 bridgehead atoms. The van der Waals surface area contributed by atoms with Gasteiger partial charge in [-0.3, -0.25) is 0 Å². The van der Waals surface area contributed by atoms with Crippen LogP contribution in [0.15, 0.2) is 71.4 Å². The number of hydrogen-bond donors (Lipinski definition) is 0. The number of rotatable bonds is 2. The molecule has 0 N–H and O–H groups in total. The van der Waals surface area contributed by atoms with Gasteiger partial charge in [-0.25, -0.2) is 0 Å². The summed E-state index contributed by atoms with van der Waals surface area (Å²) in [6.45, 7) is 0. The second-order valence-corrected chi connectivity index (χ2v) is 10.2. The molecule has 6 aromatic rings. The van der Waals surface area contributed by atoms with Crippen LogP contribution in [-0.4, -0.2) is 0 Å². The molecule has 0 aliphatic heterocycles. The molecule has 0 aliphatic carbocycles. The van der Waals surface area contributed by atoms with Crippen molar-refractivity contribution >= 4 is 74.9 Å². The Bertz CT molecular complexity index is 1250. The Hall–Kier alpha value is -1.98. The third-order valence-electron chi connectivity index (χ3n) is 4.69. The first-order valence-corrected chi connectivity index (χ1v) is 11.7. The van der Waals surface area contributed by atoms with Crippen molar-refractivity contribution in [3.63, 3.8) is 0 Å². The highest BCUT2D eigenvalue weighted by atomic mass is 32.1. The van der Waals surface area contributed by atoms with Gasteiger partial charge in [-0.15, -0.1) is 45.3 Å². The van der Waals surface area contributed by atoms with Crippen LogP contribution in [0.2, 0.25) is 0 Å². The van der Waals surface area contributed by atoms with Gasteiger partial charge in [-0.2, -0.15) is 0 Å². The van der Waals surface area contributed by atoms with Gasteiger partial charge in [0.1, 0.15) is 0 Å². The quantitative estimate of drug-likeness (QED) is 0.271. The minimum absolute atomic E-state index is 1.32. The topological polar surface area (TPSA) is 0 Å². The van der Waals surface area contributed by atoms with Gasteiger partial charge >= 0.3 is 0 Å². The van der Waals surface area contributed by atoms with E-state index in [4.69, 9.17) is 0 Å². The van der Waals surface area contributed by atoms with E-state index in [-0.39, 0.29) is 0 Å². The summed E-state index contributed by atoms with van der Waals surface area (Å²) in [5.74, 6) is 0. The minimum atomic E-state index is 1.32. The zero-order chi connectivity index (χ0) is 17.1. The lowest BCUT2D eigenvalue weighted by molar-refractivity contribution is 1.81. The van der Waals surface area contributed by atoms with Crippen LogP contribution in [0.25, 0.3) is 50.5 Å². The molecule has 0 nitrogen and oxygen atoms in total. The van der Waals surface area contributed by atoms with Crippen molar-refractivity contribution in [2.24, 2.45) is 0 Å². The molecule has 0 spiro atoms. The smallest absolute Gasteiger partial charge is 0.0542 e. The van der Waals surface area contributed by atoms with Crippen LogP contribution in [0, 0.1) is 0 Å². The Kier molecular flexibility index (Phi) is 3.35. The first-order valence-electron chi connectivity index (χ1n) is 8.33. The fourth-order valence-electron chi connectivity index (χ4n) is 3.45. The van der Waals surface area contributed by atoms with Crippen molar-refractivity contribution in [2.45, 2.75) is 0 Å². The summed E-state index contributed by atoms with van der Waals surface area (Å²) in [5, 5.41) is 7.07. The van der Waals surface area contributed by atoms with E-state index >= 15 is 0 Å². The summed E-state index contributed by atoms with van der Waals surface area (Å²) >= 11 is 7.47. The molecule has 124 valence electrons. The van der Waals surface area contributed by atoms with E-state index in [9.17, 15) is 0 Å². The van der Waals surface area contributed by atoms with Gasteiger partial charge < -0.3 is 0 Å². The van der Waals surface area contributed by atoms with Crippen LogP contribution in [0.5, 0.6) is 0 Å². The summed E-state index contributed by atoms with van der Waals surface area (Å²) in [6.07, 6.45) is 0. The van der Waals surface area contributed by atoms with E-state index in [1.165, 1.54) is 50.5 Å². The van der Waals surface area contributed by atoms with E-state index < -0.39 is 0 Å². The standard InChI is InChI=1S/C22H12S4/c1-3-17(23-9-1)13-5-7-15-19(11-13)25-22-16-8-6-14(18-4-2-10-24-18)12-20(16)26-21(15)22/h1-12H. The summed E-state index contributed by atoms with van der Waals surface area (Å²) in [6, 6.07) is 22.5. The van der Waals surface area contributed by atoms with Crippen LogP contribution >= 0.6 is 45.3 Å². The fraction of sp³-hybridized carbons (Fsp3) is 0. The molecule has 0 saturated heterocycles. The third-order valence-corrected chi connectivity index (χ3v) is 9.03. The van der Waals surface area contributed by atoms with Gasteiger partial charge in [0.15, 0.2) is 0 Å². The van der Waals surface area contributed by atoms with Crippen LogP contribution in [-0.2, 0) is 0 Å². The largest absolute Gasteiger partial charge is 0.144 e. The SMILES string of the molecule is c1csc(-c2ccc3c(c2)sc2c4ccc(-c5cccs5)cc4sc32)c1. The molecule has 6 rings (SSSR count). The van der Waals surface area contributed by atoms with Gasteiger partial charge in [0.25, 0.3) is 0 Å². The molecule has 0 amide bonds. The van der Waals surface area contributed by atoms with E-state index in [1.54, 1.807) is 22.7 Å². The third kappa shape index (κ3) is 2.23.